The smallest absolute Gasteiger partial charge is 0.0645 e. The maximum Gasteiger partial charge on any atom is 0.0645 e. The summed E-state index contributed by atoms with van der Waals surface area (Å²) in [6.07, 6.45) is 1.38. The fraction of sp³-hybridized carbons (Fsp3) is 1.00. The van der Waals surface area contributed by atoms with Crippen LogP contribution in [0.15, 0.2) is 0 Å². The number of ether oxygens (including phenoxy) is 1. The second-order valence-corrected chi connectivity index (χ2v) is 5.36. The molecule has 0 N–H and O–H groups in total. The second-order valence-electron chi connectivity index (χ2n) is 5.36. The summed E-state index contributed by atoms with van der Waals surface area (Å²) < 4.78 is 5.26. The Morgan fingerprint density at radius 1 is 1.29 bits per heavy atom. The van der Waals surface area contributed by atoms with Crippen LogP contribution in [0.2, 0.25) is 0 Å². The first kappa shape index (κ1) is 10.4. The highest BCUT2D eigenvalue weighted by Crippen LogP contribution is 2.31. The normalized spacial score (nSPS) is 36.0. The Hall–Kier alpha value is -0.0800. The van der Waals surface area contributed by atoms with Gasteiger partial charge in [0.05, 0.1) is 19.3 Å². The molecule has 2 saturated heterocycles. The number of hydrogen-bond donors (Lipinski definition) is 0. The van der Waals surface area contributed by atoms with E-state index in [1.54, 1.807) is 0 Å². The fourth-order valence-corrected chi connectivity index (χ4v) is 2.95. The molecule has 82 valence electrons. The average molecular weight is 197 g/mol. The van der Waals surface area contributed by atoms with Crippen LogP contribution < -0.4 is 0 Å². The van der Waals surface area contributed by atoms with E-state index in [0.29, 0.717) is 0 Å². The molecule has 0 bridgehead atoms. The van der Waals surface area contributed by atoms with Crippen LogP contribution >= 0.6 is 0 Å². The first-order valence-electron chi connectivity index (χ1n) is 6.00. The van der Waals surface area contributed by atoms with Crippen molar-refractivity contribution in [2.45, 2.75) is 33.2 Å². The van der Waals surface area contributed by atoms with E-state index in [4.69, 9.17) is 4.74 Å². The zero-order valence-corrected chi connectivity index (χ0v) is 9.70. The molecule has 14 heavy (non-hydrogen) atoms. The van der Waals surface area contributed by atoms with E-state index in [9.17, 15) is 0 Å². The van der Waals surface area contributed by atoms with Crippen molar-refractivity contribution in [3.05, 3.63) is 0 Å². The molecule has 2 atom stereocenters. The molecule has 2 aliphatic rings. The highest BCUT2D eigenvalue weighted by atomic mass is 16.5. The van der Waals surface area contributed by atoms with Crippen LogP contribution in [-0.4, -0.2) is 37.2 Å². The van der Waals surface area contributed by atoms with Crippen molar-refractivity contribution in [2.75, 3.05) is 26.3 Å². The van der Waals surface area contributed by atoms with Crippen molar-refractivity contribution >= 4 is 0 Å². The van der Waals surface area contributed by atoms with Crippen molar-refractivity contribution in [1.29, 1.82) is 0 Å². The molecule has 2 rings (SSSR count). The van der Waals surface area contributed by atoms with Crippen molar-refractivity contribution in [1.82, 2.24) is 4.90 Å². The second kappa shape index (κ2) is 4.19. The van der Waals surface area contributed by atoms with Gasteiger partial charge in [-0.15, -0.1) is 0 Å². The van der Waals surface area contributed by atoms with Crippen molar-refractivity contribution in [3.8, 4) is 0 Å². The predicted molar refractivity (Wildman–Crippen MR) is 58.3 cm³/mol. The molecule has 2 unspecified atom stereocenters. The van der Waals surface area contributed by atoms with Crippen LogP contribution in [0.4, 0.5) is 0 Å². The average Bonchev–Trinajstić information content (AvgIpc) is 2.00. The third-order valence-corrected chi connectivity index (χ3v) is 4.00. The highest BCUT2D eigenvalue weighted by Gasteiger charge is 2.33. The van der Waals surface area contributed by atoms with Crippen molar-refractivity contribution < 1.29 is 4.74 Å². The van der Waals surface area contributed by atoms with Gasteiger partial charge >= 0.3 is 0 Å². The first-order chi connectivity index (χ1) is 6.68. The zero-order chi connectivity index (χ0) is 10.1. The zero-order valence-electron chi connectivity index (χ0n) is 9.70. The van der Waals surface area contributed by atoms with Crippen LogP contribution in [0.1, 0.15) is 27.2 Å². The van der Waals surface area contributed by atoms with Gasteiger partial charge in [0.15, 0.2) is 0 Å². The van der Waals surface area contributed by atoms with Gasteiger partial charge in [0, 0.05) is 6.54 Å². The molecule has 0 aromatic rings. The van der Waals surface area contributed by atoms with Crippen LogP contribution in [-0.2, 0) is 4.74 Å². The quantitative estimate of drug-likeness (QED) is 0.671. The Morgan fingerprint density at radius 3 is 2.43 bits per heavy atom. The molecular weight excluding hydrogens is 174 g/mol. The fourth-order valence-electron chi connectivity index (χ4n) is 2.95. The Balaban J connectivity index is 1.85. The minimum Gasteiger partial charge on any atom is -0.378 e. The van der Waals surface area contributed by atoms with Gasteiger partial charge < -0.3 is 4.74 Å². The first-order valence-corrected chi connectivity index (χ1v) is 6.00. The van der Waals surface area contributed by atoms with Crippen molar-refractivity contribution in [3.63, 3.8) is 0 Å². The van der Waals surface area contributed by atoms with Crippen LogP contribution in [0.25, 0.3) is 0 Å². The molecular formula is C12H23NO. The molecule has 0 saturated carbocycles. The van der Waals surface area contributed by atoms with E-state index in [1.165, 1.54) is 19.5 Å². The summed E-state index contributed by atoms with van der Waals surface area (Å²) in [4.78, 5) is 2.63. The number of nitrogens with zero attached hydrogens (tertiary/aromatic N) is 1. The lowest BCUT2D eigenvalue weighted by molar-refractivity contribution is -0.0837. The standard InChI is InChI=1S/C12H23NO/c1-9(2)12-4-5-13(6-10(12)3)11-7-14-8-11/h9-12H,4-8H2,1-3H3. The van der Waals surface area contributed by atoms with Crippen LogP contribution in [0.3, 0.4) is 0 Å². The van der Waals surface area contributed by atoms with Gasteiger partial charge in [-0.05, 0) is 30.7 Å². The summed E-state index contributed by atoms with van der Waals surface area (Å²) >= 11 is 0. The Morgan fingerprint density at radius 2 is 2.00 bits per heavy atom. The summed E-state index contributed by atoms with van der Waals surface area (Å²) in [5, 5.41) is 0. The Bertz CT molecular complexity index is 189. The van der Waals surface area contributed by atoms with E-state index in [2.05, 4.69) is 25.7 Å². The topological polar surface area (TPSA) is 12.5 Å². The molecule has 0 amide bonds. The van der Waals surface area contributed by atoms with Crippen LogP contribution in [0, 0.1) is 17.8 Å². The lowest BCUT2D eigenvalue weighted by atomic mass is 9.79. The van der Waals surface area contributed by atoms with Gasteiger partial charge in [0.25, 0.3) is 0 Å². The summed E-state index contributed by atoms with van der Waals surface area (Å²) in [6, 6.07) is 0.741. The predicted octanol–water partition coefficient (Wildman–Crippen LogP) is 2.00. The molecule has 2 fully saturated rings. The molecule has 2 heteroatoms. The monoisotopic (exact) mass is 197 g/mol. The summed E-state index contributed by atoms with van der Waals surface area (Å²) in [5.41, 5.74) is 0. The SMILES string of the molecule is CC(C)C1CCN(C2COC2)CC1C. The summed E-state index contributed by atoms with van der Waals surface area (Å²) in [7, 11) is 0. The molecule has 0 aliphatic carbocycles. The van der Waals surface area contributed by atoms with Gasteiger partial charge in [0.1, 0.15) is 0 Å². The van der Waals surface area contributed by atoms with E-state index >= 15 is 0 Å². The molecule has 0 aromatic carbocycles. The number of piperidine rings is 1. The molecule has 2 heterocycles. The third-order valence-electron chi connectivity index (χ3n) is 4.00. The molecule has 0 aromatic heterocycles. The Labute approximate surface area is 87.6 Å². The van der Waals surface area contributed by atoms with Gasteiger partial charge in [-0.2, -0.15) is 0 Å². The van der Waals surface area contributed by atoms with E-state index < -0.39 is 0 Å². The highest BCUT2D eigenvalue weighted by molar-refractivity contribution is 4.85. The minimum atomic E-state index is 0.741. The van der Waals surface area contributed by atoms with E-state index in [0.717, 1.165) is 37.0 Å². The van der Waals surface area contributed by atoms with Gasteiger partial charge in [-0.3, -0.25) is 4.90 Å². The van der Waals surface area contributed by atoms with Gasteiger partial charge in [0.2, 0.25) is 0 Å². The lowest BCUT2D eigenvalue weighted by Crippen LogP contribution is -2.54. The van der Waals surface area contributed by atoms with E-state index in [1.807, 2.05) is 0 Å². The number of rotatable bonds is 2. The lowest BCUT2D eigenvalue weighted by Gasteiger charge is -2.45. The van der Waals surface area contributed by atoms with Gasteiger partial charge in [-0.1, -0.05) is 20.8 Å². The number of hydrogen-bond acceptors (Lipinski definition) is 2. The number of likely N-dealkylation sites (tertiary alicyclic amines) is 1. The Kier molecular flexibility index (Phi) is 3.13. The summed E-state index contributed by atoms with van der Waals surface area (Å²) in [5.74, 6) is 2.65. The van der Waals surface area contributed by atoms with Crippen LogP contribution in [0.5, 0.6) is 0 Å². The largest absolute Gasteiger partial charge is 0.378 e. The summed E-state index contributed by atoms with van der Waals surface area (Å²) in [6.45, 7) is 11.7. The third kappa shape index (κ3) is 1.96. The maximum atomic E-state index is 5.26. The molecule has 2 nitrogen and oxygen atoms in total. The molecule has 2 aliphatic heterocycles. The minimum absolute atomic E-state index is 0.741. The van der Waals surface area contributed by atoms with Crippen molar-refractivity contribution in [2.24, 2.45) is 17.8 Å². The van der Waals surface area contributed by atoms with E-state index in [-0.39, 0.29) is 0 Å². The van der Waals surface area contributed by atoms with Gasteiger partial charge in [-0.25, -0.2) is 0 Å². The molecule has 0 radical (unpaired) electrons. The molecule has 0 spiro atoms. The maximum absolute atomic E-state index is 5.26.